The monoisotopic (exact) mass is 374 g/mol. The lowest BCUT2D eigenvalue weighted by molar-refractivity contribution is -0.116. The molecule has 0 atom stereocenters. The van der Waals surface area contributed by atoms with Gasteiger partial charge in [-0.1, -0.05) is 31.3 Å². The molecule has 23 heavy (non-hydrogen) atoms. The van der Waals surface area contributed by atoms with Crippen LogP contribution in [-0.2, 0) is 21.2 Å². The van der Waals surface area contributed by atoms with Crippen molar-refractivity contribution >= 4 is 43.7 Å². The third-order valence-corrected chi connectivity index (χ3v) is 6.86. The molecule has 2 aromatic rings. The molecule has 0 aliphatic rings. The van der Waals surface area contributed by atoms with Gasteiger partial charge in [0, 0.05) is 13.5 Å². The van der Waals surface area contributed by atoms with E-state index in [1.54, 1.807) is 11.4 Å². The maximum absolute atomic E-state index is 12.2. The summed E-state index contributed by atoms with van der Waals surface area (Å²) >= 11 is 2.42. The number of nitrogens with one attached hydrogen (secondary N) is 1. The van der Waals surface area contributed by atoms with Crippen LogP contribution in [0.15, 0.2) is 21.7 Å². The minimum atomic E-state index is -3.64. The highest BCUT2D eigenvalue weighted by Gasteiger charge is 2.24. The van der Waals surface area contributed by atoms with Gasteiger partial charge in [0.25, 0.3) is 10.0 Å². The van der Waals surface area contributed by atoms with Gasteiger partial charge in [0.15, 0.2) is 0 Å². The standard InChI is InChI=1S/C13H18N4O3S3/c1-9(2)7-11-15-16-13(22-11)14-10(18)8-17(3)23(19,20)12-5-4-6-21-12/h4-6,9H,7-8H2,1-3H3,(H,14,16,18). The Morgan fingerprint density at radius 1 is 1.39 bits per heavy atom. The average Bonchev–Trinajstić information content (AvgIpc) is 3.09. The molecule has 126 valence electrons. The summed E-state index contributed by atoms with van der Waals surface area (Å²) in [5, 5.41) is 13.4. The quantitative estimate of drug-likeness (QED) is 0.801. The summed E-state index contributed by atoms with van der Waals surface area (Å²) in [5.74, 6) is 0.00783. The van der Waals surface area contributed by atoms with Crippen LogP contribution in [0.5, 0.6) is 0 Å². The molecule has 1 N–H and O–H groups in total. The predicted molar refractivity (Wildman–Crippen MR) is 91.2 cm³/mol. The van der Waals surface area contributed by atoms with Gasteiger partial charge in [-0.25, -0.2) is 8.42 Å². The maximum Gasteiger partial charge on any atom is 0.252 e. The molecule has 10 heteroatoms. The van der Waals surface area contributed by atoms with Crippen molar-refractivity contribution in [2.24, 2.45) is 5.92 Å². The van der Waals surface area contributed by atoms with Gasteiger partial charge in [0.2, 0.25) is 11.0 Å². The van der Waals surface area contributed by atoms with Crippen molar-refractivity contribution in [2.45, 2.75) is 24.5 Å². The van der Waals surface area contributed by atoms with Gasteiger partial charge in [0.05, 0.1) is 6.54 Å². The third-order valence-electron chi connectivity index (χ3n) is 2.82. The smallest absolute Gasteiger partial charge is 0.252 e. The Labute approximate surface area is 143 Å². The van der Waals surface area contributed by atoms with Gasteiger partial charge in [-0.05, 0) is 17.4 Å². The number of rotatable bonds is 7. The normalized spacial score (nSPS) is 12.0. The second-order valence-corrected chi connectivity index (χ2v) is 9.62. The molecule has 0 aliphatic heterocycles. The molecule has 0 bridgehead atoms. The lowest BCUT2D eigenvalue weighted by Crippen LogP contribution is -2.34. The summed E-state index contributed by atoms with van der Waals surface area (Å²) in [6.45, 7) is 3.87. The van der Waals surface area contributed by atoms with Crippen molar-refractivity contribution in [1.29, 1.82) is 0 Å². The van der Waals surface area contributed by atoms with Crippen LogP contribution in [0, 0.1) is 5.92 Å². The van der Waals surface area contributed by atoms with Crippen LogP contribution in [-0.4, -0.2) is 42.4 Å². The first kappa shape index (κ1) is 18.0. The highest BCUT2D eigenvalue weighted by atomic mass is 32.2. The van der Waals surface area contributed by atoms with Crippen LogP contribution >= 0.6 is 22.7 Å². The molecule has 0 radical (unpaired) electrons. The van der Waals surface area contributed by atoms with E-state index < -0.39 is 15.9 Å². The number of carbonyl (C=O) groups excluding carboxylic acids is 1. The van der Waals surface area contributed by atoms with Gasteiger partial charge in [-0.3, -0.25) is 10.1 Å². The van der Waals surface area contributed by atoms with E-state index in [2.05, 4.69) is 29.4 Å². The molecule has 0 aliphatic carbocycles. The van der Waals surface area contributed by atoms with Crippen molar-refractivity contribution in [2.75, 3.05) is 18.9 Å². The highest BCUT2D eigenvalue weighted by Crippen LogP contribution is 2.20. The number of aromatic nitrogens is 2. The summed E-state index contributed by atoms with van der Waals surface area (Å²) in [6, 6.07) is 3.17. The first-order valence-electron chi connectivity index (χ1n) is 6.91. The molecule has 0 fully saturated rings. The van der Waals surface area contributed by atoms with Gasteiger partial charge >= 0.3 is 0 Å². The lowest BCUT2D eigenvalue weighted by Gasteiger charge is -2.14. The molecule has 7 nitrogen and oxygen atoms in total. The fourth-order valence-corrected chi connectivity index (χ4v) is 5.04. The van der Waals surface area contributed by atoms with E-state index in [0.29, 0.717) is 11.0 Å². The molecular formula is C13H18N4O3S3. The van der Waals surface area contributed by atoms with E-state index in [1.165, 1.54) is 24.5 Å². The number of anilines is 1. The lowest BCUT2D eigenvalue weighted by atomic mass is 10.1. The van der Waals surface area contributed by atoms with E-state index in [-0.39, 0.29) is 10.8 Å². The number of carbonyl (C=O) groups is 1. The van der Waals surface area contributed by atoms with Gasteiger partial charge < -0.3 is 0 Å². The van der Waals surface area contributed by atoms with Crippen molar-refractivity contribution < 1.29 is 13.2 Å². The van der Waals surface area contributed by atoms with Gasteiger partial charge in [0.1, 0.15) is 9.22 Å². The second-order valence-electron chi connectivity index (χ2n) is 5.34. The number of thiophene rings is 1. The molecule has 0 saturated heterocycles. The number of sulfonamides is 1. The topological polar surface area (TPSA) is 92.3 Å². The third kappa shape index (κ3) is 4.80. The zero-order chi connectivity index (χ0) is 17.0. The van der Waals surface area contributed by atoms with Crippen molar-refractivity contribution in [3.8, 4) is 0 Å². The van der Waals surface area contributed by atoms with Crippen LogP contribution in [0.3, 0.4) is 0 Å². The number of amides is 1. The number of likely N-dealkylation sites (N-methyl/N-ethyl adjacent to an activating group) is 1. The summed E-state index contributed by atoms with van der Waals surface area (Å²) in [7, 11) is -2.26. The highest BCUT2D eigenvalue weighted by molar-refractivity contribution is 7.91. The Hall–Kier alpha value is -1.36. The van der Waals surface area contributed by atoms with Crippen LogP contribution < -0.4 is 5.32 Å². The van der Waals surface area contributed by atoms with E-state index in [4.69, 9.17) is 0 Å². The molecule has 2 heterocycles. The minimum Gasteiger partial charge on any atom is -0.299 e. The van der Waals surface area contributed by atoms with Crippen LogP contribution in [0.25, 0.3) is 0 Å². The van der Waals surface area contributed by atoms with E-state index >= 15 is 0 Å². The molecule has 0 unspecified atom stereocenters. The summed E-state index contributed by atoms with van der Waals surface area (Å²) in [5.41, 5.74) is 0. The number of nitrogens with zero attached hydrogens (tertiary/aromatic N) is 3. The van der Waals surface area contributed by atoms with E-state index in [9.17, 15) is 13.2 Å². The van der Waals surface area contributed by atoms with Crippen molar-refractivity contribution in [1.82, 2.24) is 14.5 Å². The Bertz CT molecular complexity index is 753. The first-order chi connectivity index (χ1) is 10.8. The molecule has 2 aromatic heterocycles. The Morgan fingerprint density at radius 2 is 2.13 bits per heavy atom. The zero-order valence-corrected chi connectivity index (χ0v) is 15.5. The number of hydrogen-bond donors (Lipinski definition) is 1. The van der Waals surface area contributed by atoms with Gasteiger partial charge in [-0.2, -0.15) is 4.31 Å². The first-order valence-corrected chi connectivity index (χ1v) is 10.0. The summed E-state index contributed by atoms with van der Waals surface area (Å²) in [6.07, 6.45) is 0.792. The second kappa shape index (κ2) is 7.47. The van der Waals surface area contributed by atoms with Crippen LogP contribution in [0.2, 0.25) is 0 Å². The van der Waals surface area contributed by atoms with Crippen LogP contribution in [0.1, 0.15) is 18.9 Å². The van der Waals surface area contributed by atoms with Crippen LogP contribution in [0.4, 0.5) is 5.13 Å². The predicted octanol–water partition coefficient (Wildman–Crippen LogP) is 2.06. The van der Waals surface area contributed by atoms with Gasteiger partial charge in [-0.15, -0.1) is 21.5 Å². The van der Waals surface area contributed by atoms with E-state index in [1.807, 2.05) is 0 Å². The summed E-state index contributed by atoms with van der Waals surface area (Å²) in [4.78, 5) is 12.0. The fraction of sp³-hybridized carbons (Fsp3) is 0.462. The molecule has 0 saturated carbocycles. The zero-order valence-electron chi connectivity index (χ0n) is 13.0. The Morgan fingerprint density at radius 3 is 2.74 bits per heavy atom. The SMILES string of the molecule is CC(C)Cc1nnc(NC(=O)CN(C)S(=O)(=O)c2cccs2)s1. The fourth-order valence-electron chi connectivity index (χ4n) is 1.75. The molecule has 1 amide bonds. The summed E-state index contributed by atoms with van der Waals surface area (Å²) < 4.78 is 25.7. The molecule has 0 aromatic carbocycles. The Kier molecular flexibility index (Phi) is 5.84. The molecule has 2 rings (SSSR count). The maximum atomic E-state index is 12.2. The van der Waals surface area contributed by atoms with Crippen molar-refractivity contribution in [3.63, 3.8) is 0 Å². The molecular weight excluding hydrogens is 356 g/mol. The Balaban J connectivity index is 1.95. The average molecular weight is 375 g/mol. The molecule has 0 spiro atoms. The largest absolute Gasteiger partial charge is 0.299 e. The van der Waals surface area contributed by atoms with Crippen molar-refractivity contribution in [3.05, 3.63) is 22.5 Å². The minimum absolute atomic E-state index is 0.211. The van der Waals surface area contributed by atoms with E-state index in [0.717, 1.165) is 27.1 Å². The number of hydrogen-bond acceptors (Lipinski definition) is 7.